The molecule has 0 atom stereocenters. The van der Waals surface area contributed by atoms with Gasteiger partial charge in [-0.15, -0.1) is 0 Å². The van der Waals surface area contributed by atoms with E-state index in [9.17, 15) is 0 Å². The Bertz CT molecular complexity index is 177. The molecule has 0 aromatic heterocycles. The van der Waals surface area contributed by atoms with Gasteiger partial charge in [-0.3, -0.25) is 4.99 Å². The third-order valence-electron chi connectivity index (χ3n) is 1.33. The summed E-state index contributed by atoms with van der Waals surface area (Å²) in [6, 6.07) is 0. The average Bonchev–Trinajstić information content (AvgIpc) is 1.89. The number of hydrogen-bond donors (Lipinski definition) is 1. The van der Waals surface area contributed by atoms with E-state index in [1.54, 1.807) is 0 Å². The van der Waals surface area contributed by atoms with Crippen molar-refractivity contribution in [3.05, 3.63) is 23.5 Å². The Morgan fingerprint density at radius 2 is 2.11 bits per heavy atom. The predicted molar refractivity (Wildman–Crippen MR) is 39.1 cm³/mol. The summed E-state index contributed by atoms with van der Waals surface area (Å²) < 4.78 is 0. The van der Waals surface area contributed by atoms with Crippen molar-refractivity contribution in [2.45, 2.75) is 12.8 Å². The summed E-state index contributed by atoms with van der Waals surface area (Å²) in [5.41, 5.74) is 7.14. The van der Waals surface area contributed by atoms with Gasteiger partial charge in [-0.1, -0.05) is 12.2 Å². The molecule has 1 aliphatic carbocycles. The van der Waals surface area contributed by atoms with E-state index in [-0.39, 0.29) is 0 Å². The van der Waals surface area contributed by atoms with E-state index in [2.05, 4.69) is 11.7 Å². The zero-order chi connectivity index (χ0) is 6.69. The SMILES string of the molecule is C=NC1=CCCC=C1N. The Labute approximate surface area is 54.8 Å². The average molecular weight is 122 g/mol. The minimum absolute atomic E-state index is 0.760. The Hall–Kier alpha value is -1.05. The summed E-state index contributed by atoms with van der Waals surface area (Å²) in [4.78, 5) is 3.75. The van der Waals surface area contributed by atoms with E-state index in [0.717, 1.165) is 24.2 Å². The first-order chi connectivity index (χ1) is 4.34. The van der Waals surface area contributed by atoms with Gasteiger partial charge in [0, 0.05) is 0 Å². The van der Waals surface area contributed by atoms with Crippen molar-refractivity contribution >= 4 is 6.72 Å². The Kier molecular flexibility index (Phi) is 1.68. The molecular weight excluding hydrogens is 112 g/mol. The van der Waals surface area contributed by atoms with Crippen molar-refractivity contribution in [3.63, 3.8) is 0 Å². The van der Waals surface area contributed by atoms with E-state index >= 15 is 0 Å². The largest absolute Gasteiger partial charge is 0.397 e. The molecule has 2 heteroatoms. The van der Waals surface area contributed by atoms with Crippen molar-refractivity contribution < 1.29 is 0 Å². The van der Waals surface area contributed by atoms with Gasteiger partial charge in [-0.2, -0.15) is 0 Å². The first kappa shape index (κ1) is 6.08. The zero-order valence-electron chi connectivity index (χ0n) is 5.30. The summed E-state index contributed by atoms with van der Waals surface area (Å²) >= 11 is 0. The van der Waals surface area contributed by atoms with Crippen LogP contribution in [0.3, 0.4) is 0 Å². The fourth-order valence-corrected chi connectivity index (χ4v) is 0.837. The minimum Gasteiger partial charge on any atom is -0.397 e. The number of rotatable bonds is 1. The van der Waals surface area contributed by atoms with Crippen molar-refractivity contribution in [2.24, 2.45) is 10.7 Å². The highest BCUT2D eigenvalue weighted by Gasteiger charge is 2.00. The molecule has 0 aliphatic heterocycles. The summed E-state index contributed by atoms with van der Waals surface area (Å²) in [6.07, 6.45) is 6.05. The van der Waals surface area contributed by atoms with Gasteiger partial charge in [0.05, 0.1) is 11.4 Å². The van der Waals surface area contributed by atoms with Crippen molar-refractivity contribution in [3.8, 4) is 0 Å². The lowest BCUT2D eigenvalue weighted by molar-refractivity contribution is 0.975. The van der Waals surface area contributed by atoms with Crippen LogP contribution in [0, 0.1) is 0 Å². The second-order valence-corrected chi connectivity index (χ2v) is 1.98. The fourth-order valence-electron chi connectivity index (χ4n) is 0.837. The lowest BCUT2D eigenvalue weighted by atomic mass is 10.1. The highest BCUT2D eigenvalue weighted by molar-refractivity contribution is 5.38. The molecule has 0 radical (unpaired) electrons. The van der Waals surface area contributed by atoms with E-state index in [0.29, 0.717) is 0 Å². The fraction of sp³-hybridized carbons (Fsp3) is 0.286. The third kappa shape index (κ3) is 1.19. The first-order valence-corrected chi connectivity index (χ1v) is 2.97. The first-order valence-electron chi connectivity index (χ1n) is 2.97. The van der Waals surface area contributed by atoms with Gasteiger partial charge in [-0.25, -0.2) is 0 Å². The topological polar surface area (TPSA) is 38.4 Å². The second-order valence-electron chi connectivity index (χ2n) is 1.98. The normalized spacial score (nSPS) is 18.2. The number of nitrogens with zero attached hydrogens (tertiary/aromatic N) is 1. The van der Waals surface area contributed by atoms with E-state index in [1.165, 1.54) is 0 Å². The van der Waals surface area contributed by atoms with Crippen LogP contribution in [0.25, 0.3) is 0 Å². The summed E-state index contributed by atoms with van der Waals surface area (Å²) in [6.45, 7) is 3.40. The molecule has 9 heavy (non-hydrogen) atoms. The van der Waals surface area contributed by atoms with Crippen molar-refractivity contribution in [1.82, 2.24) is 0 Å². The van der Waals surface area contributed by atoms with Crippen LogP contribution in [0.2, 0.25) is 0 Å². The molecule has 2 N–H and O–H groups in total. The molecule has 1 aliphatic rings. The molecule has 0 bridgehead atoms. The van der Waals surface area contributed by atoms with E-state index < -0.39 is 0 Å². The smallest absolute Gasteiger partial charge is 0.0808 e. The van der Waals surface area contributed by atoms with Crippen LogP contribution in [0.15, 0.2) is 28.5 Å². The minimum atomic E-state index is 0.760. The number of allylic oxidation sites excluding steroid dienone is 2. The quantitative estimate of drug-likeness (QED) is 0.521. The van der Waals surface area contributed by atoms with Crippen LogP contribution in [-0.2, 0) is 0 Å². The maximum atomic E-state index is 5.55. The maximum Gasteiger partial charge on any atom is 0.0808 e. The summed E-state index contributed by atoms with van der Waals surface area (Å²) in [5, 5.41) is 0. The summed E-state index contributed by atoms with van der Waals surface area (Å²) in [5.74, 6) is 0. The van der Waals surface area contributed by atoms with Gasteiger partial charge in [0.1, 0.15) is 0 Å². The molecule has 0 fully saturated rings. The lowest BCUT2D eigenvalue weighted by Crippen LogP contribution is -2.02. The molecule has 1 rings (SSSR count). The molecule has 0 amide bonds. The standard InChI is InChI=1S/C7H10N2/c1-9-7-5-3-2-4-6(7)8/h4-5H,1-3,8H2. The highest BCUT2D eigenvalue weighted by Crippen LogP contribution is 2.13. The number of aliphatic imine (C=N–C) groups is 1. The van der Waals surface area contributed by atoms with Crippen molar-refractivity contribution in [2.75, 3.05) is 0 Å². The van der Waals surface area contributed by atoms with Crippen molar-refractivity contribution in [1.29, 1.82) is 0 Å². The Balaban J connectivity index is 2.79. The van der Waals surface area contributed by atoms with Gasteiger partial charge < -0.3 is 5.73 Å². The predicted octanol–water partition coefficient (Wildman–Crippen LogP) is 1.21. The van der Waals surface area contributed by atoms with Gasteiger partial charge in [0.15, 0.2) is 0 Å². The van der Waals surface area contributed by atoms with Crippen LogP contribution >= 0.6 is 0 Å². The molecule has 48 valence electrons. The Morgan fingerprint density at radius 3 is 2.56 bits per heavy atom. The molecule has 0 aromatic carbocycles. The summed E-state index contributed by atoms with van der Waals surface area (Å²) in [7, 11) is 0. The third-order valence-corrected chi connectivity index (χ3v) is 1.33. The molecule has 0 spiro atoms. The molecule has 0 unspecified atom stereocenters. The van der Waals surface area contributed by atoms with Crippen LogP contribution in [0.1, 0.15) is 12.8 Å². The van der Waals surface area contributed by atoms with Crippen LogP contribution in [0.5, 0.6) is 0 Å². The maximum absolute atomic E-state index is 5.55. The molecule has 2 nitrogen and oxygen atoms in total. The van der Waals surface area contributed by atoms with Crippen LogP contribution in [-0.4, -0.2) is 6.72 Å². The van der Waals surface area contributed by atoms with Gasteiger partial charge in [0.25, 0.3) is 0 Å². The van der Waals surface area contributed by atoms with Gasteiger partial charge in [-0.05, 0) is 19.6 Å². The molecule has 0 saturated carbocycles. The molecule has 0 saturated heterocycles. The second kappa shape index (κ2) is 2.49. The van der Waals surface area contributed by atoms with E-state index in [1.807, 2.05) is 12.2 Å². The van der Waals surface area contributed by atoms with Crippen LogP contribution < -0.4 is 5.73 Å². The molecule has 0 heterocycles. The monoisotopic (exact) mass is 122 g/mol. The van der Waals surface area contributed by atoms with Crippen LogP contribution in [0.4, 0.5) is 0 Å². The molecular formula is C7H10N2. The molecule has 0 aromatic rings. The number of hydrogen-bond acceptors (Lipinski definition) is 2. The Morgan fingerprint density at radius 1 is 1.44 bits per heavy atom. The lowest BCUT2D eigenvalue weighted by Gasteiger charge is -2.05. The highest BCUT2D eigenvalue weighted by atomic mass is 14.8. The van der Waals surface area contributed by atoms with Gasteiger partial charge >= 0.3 is 0 Å². The van der Waals surface area contributed by atoms with Gasteiger partial charge in [0.2, 0.25) is 0 Å². The zero-order valence-corrected chi connectivity index (χ0v) is 5.30. The number of nitrogens with two attached hydrogens (primary N) is 1. The van der Waals surface area contributed by atoms with E-state index in [4.69, 9.17) is 5.73 Å².